The van der Waals surface area contributed by atoms with Crippen LogP contribution in [0.3, 0.4) is 0 Å². The van der Waals surface area contributed by atoms with Crippen molar-refractivity contribution in [2.45, 2.75) is 33.4 Å². The van der Waals surface area contributed by atoms with Gasteiger partial charge in [0.2, 0.25) is 0 Å². The second-order valence-corrected chi connectivity index (χ2v) is 7.40. The van der Waals surface area contributed by atoms with Gasteiger partial charge in [-0.3, -0.25) is 9.59 Å². The number of aryl methyl sites for hydroxylation is 1. The molecule has 3 aromatic rings. The molecule has 1 atom stereocenters. The SMILES string of the molecule is COC(=O)c1[nH]c(C)c(C(=O)C(C)N(Cc2ccco2)C(=O)c2ccc(OC)cc2)c1C. The van der Waals surface area contributed by atoms with Crippen molar-refractivity contribution in [2.24, 2.45) is 0 Å². The van der Waals surface area contributed by atoms with Crippen molar-refractivity contribution in [1.82, 2.24) is 9.88 Å². The number of ether oxygens (including phenoxy) is 2. The molecule has 0 aliphatic carbocycles. The highest BCUT2D eigenvalue weighted by Gasteiger charge is 2.32. The van der Waals surface area contributed by atoms with Crippen LogP contribution in [-0.2, 0) is 11.3 Å². The number of methoxy groups -OCH3 is 2. The lowest BCUT2D eigenvalue weighted by Crippen LogP contribution is -2.43. The van der Waals surface area contributed by atoms with Gasteiger partial charge in [0.05, 0.1) is 33.1 Å². The predicted molar refractivity (Wildman–Crippen MR) is 117 cm³/mol. The molecule has 1 N–H and O–H groups in total. The Labute approximate surface area is 186 Å². The number of aromatic amines is 1. The van der Waals surface area contributed by atoms with Gasteiger partial charge in [-0.1, -0.05) is 0 Å². The lowest BCUT2D eigenvalue weighted by atomic mass is 9.99. The number of hydrogen-bond acceptors (Lipinski definition) is 6. The summed E-state index contributed by atoms with van der Waals surface area (Å²) in [7, 11) is 2.82. The number of H-pyrrole nitrogens is 1. The topological polar surface area (TPSA) is 102 Å². The summed E-state index contributed by atoms with van der Waals surface area (Å²) in [4.78, 5) is 43.3. The van der Waals surface area contributed by atoms with E-state index in [1.807, 2.05) is 0 Å². The van der Waals surface area contributed by atoms with E-state index in [9.17, 15) is 14.4 Å². The molecule has 0 aliphatic heterocycles. The molecule has 1 unspecified atom stereocenters. The number of ketones is 1. The quantitative estimate of drug-likeness (QED) is 0.422. The van der Waals surface area contributed by atoms with E-state index >= 15 is 0 Å². The zero-order valence-corrected chi connectivity index (χ0v) is 18.7. The average molecular weight is 438 g/mol. The monoisotopic (exact) mass is 438 g/mol. The molecule has 32 heavy (non-hydrogen) atoms. The Morgan fingerprint density at radius 1 is 1.09 bits per heavy atom. The number of rotatable bonds is 8. The number of esters is 1. The molecule has 2 aromatic heterocycles. The Morgan fingerprint density at radius 3 is 2.34 bits per heavy atom. The number of hydrogen-bond donors (Lipinski definition) is 1. The van der Waals surface area contributed by atoms with Crippen LogP contribution in [0.15, 0.2) is 47.1 Å². The van der Waals surface area contributed by atoms with E-state index in [1.54, 1.807) is 64.3 Å². The second kappa shape index (κ2) is 9.55. The van der Waals surface area contributed by atoms with Crippen molar-refractivity contribution in [1.29, 1.82) is 0 Å². The number of nitrogens with zero attached hydrogens (tertiary/aromatic N) is 1. The molecule has 0 aliphatic rings. The first kappa shape index (κ1) is 22.9. The van der Waals surface area contributed by atoms with E-state index in [4.69, 9.17) is 13.9 Å². The standard InChI is InChI=1S/C24H26N2O6/c1-14-20(15(2)25-21(14)24(29)31-5)22(27)16(3)26(13-19-7-6-12-32-19)23(28)17-8-10-18(30-4)11-9-17/h6-12,16,25H,13H2,1-5H3. The van der Waals surface area contributed by atoms with Gasteiger partial charge >= 0.3 is 5.97 Å². The lowest BCUT2D eigenvalue weighted by molar-refractivity contribution is 0.0590. The number of carbonyl (C=O) groups is 3. The normalized spacial score (nSPS) is 11.7. The summed E-state index contributed by atoms with van der Waals surface area (Å²) in [6.07, 6.45) is 1.51. The summed E-state index contributed by atoms with van der Waals surface area (Å²) in [6, 6.07) is 9.31. The molecule has 0 spiro atoms. The van der Waals surface area contributed by atoms with E-state index in [0.717, 1.165) is 0 Å². The molecule has 0 saturated carbocycles. The summed E-state index contributed by atoms with van der Waals surface area (Å²) in [5.74, 6) is -0.00995. The third-order valence-electron chi connectivity index (χ3n) is 5.42. The smallest absolute Gasteiger partial charge is 0.354 e. The van der Waals surface area contributed by atoms with E-state index in [-0.39, 0.29) is 23.9 Å². The highest BCUT2D eigenvalue weighted by molar-refractivity contribution is 6.07. The van der Waals surface area contributed by atoms with Gasteiger partial charge in [0.15, 0.2) is 5.78 Å². The Bertz CT molecular complexity index is 1110. The maximum absolute atomic E-state index is 13.5. The van der Waals surface area contributed by atoms with E-state index < -0.39 is 12.0 Å². The van der Waals surface area contributed by atoms with E-state index in [0.29, 0.717) is 33.9 Å². The Morgan fingerprint density at radius 2 is 1.78 bits per heavy atom. The van der Waals surface area contributed by atoms with Crippen LogP contribution in [0.1, 0.15) is 55.1 Å². The fourth-order valence-corrected chi connectivity index (χ4v) is 3.63. The van der Waals surface area contributed by atoms with Crippen molar-refractivity contribution in [3.8, 4) is 5.75 Å². The van der Waals surface area contributed by atoms with Gasteiger partial charge in [-0.15, -0.1) is 0 Å². The van der Waals surface area contributed by atoms with E-state index in [2.05, 4.69) is 4.98 Å². The molecular weight excluding hydrogens is 412 g/mol. The number of carbonyl (C=O) groups excluding carboxylic acids is 3. The first-order valence-electron chi connectivity index (χ1n) is 10.1. The molecule has 8 nitrogen and oxygen atoms in total. The van der Waals surface area contributed by atoms with Crippen molar-refractivity contribution in [3.63, 3.8) is 0 Å². The predicted octanol–water partition coefficient (Wildman–Crippen LogP) is 3.93. The number of nitrogens with one attached hydrogen (secondary N) is 1. The fourth-order valence-electron chi connectivity index (χ4n) is 3.63. The number of aromatic nitrogens is 1. The minimum absolute atomic E-state index is 0.108. The average Bonchev–Trinajstić information content (AvgIpc) is 3.42. The molecule has 168 valence electrons. The third-order valence-corrected chi connectivity index (χ3v) is 5.42. The van der Waals surface area contributed by atoms with Crippen LogP contribution in [-0.4, -0.2) is 47.8 Å². The van der Waals surface area contributed by atoms with Crippen LogP contribution < -0.4 is 4.74 Å². The molecule has 0 radical (unpaired) electrons. The van der Waals surface area contributed by atoms with Gasteiger partial charge in [-0.05, 0) is 62.7 Å². The van der Waals surface area contributed by atoms with Crippen molar-refractivity contribution in [2.75, 3.05) is 14.2 Å². The Kier molecular flexibility index (Phi) is 6.82. The van der Waals surface area contributed by atoms with Gasteiger partial charge in [0.1, 0.15) is 17.2 Å². The molecule has 0 saturated heterocycles. The first-order chi connectivity index (χ1) is 15.3. The number of amides is 1. The minimum Gasteiger partial charge on any atom is -0.497 e. The van der Waals surface area contributed by atoms with Gasteiger partial charge in [-0.25, -0.2) is 4.79 Å². The van der Waals surface area contributed by atoms with E-state index in [1.165, 1.54) is 18.3 Å². The fraction of sp³-hybridized carbons (Fsp3) is 0.292. The molecule has 2 heterocycles. The maximum Gasteiger partial charge on any atom is 0.354 e. The molecule has 1 amide bonds. The summed E-state index contributed by atoms with van der Waals surface area (Å²) < 4.78 is 15.4. The van der Waals surface area contributed by atoms with Crippen molar-refractivity contribution in [3.05, 3.63) is 76.5 Å². The number of benzene rings is 1. The van der Waals surface area contributed by atoms with Gasteiger partial charge in [0.25, 0.3) is 5.91 Å². The largest absolute Gasteiger partial charge is 0.497 e. The molecule has 3 rings (SSSR count). The summed E-state index contributed by atoms with van der Waals surface area (Å²) in [5, 5.41) is 0. The molecular formula is C24H26N2O6. The van der Waals surface area contributed by atoms with Crippen LogP contribution in [0.25, 0.3) is 0 Å². The Hall–Kier alpha value is -3.81. The van der Waals surface area contributed by atoms with Crippen LogP contribution in [0, 0.1) is 13.8 Å². The van der Waals surface area contributed by atoms with Crippen LogP contribution in [0.4, 0.5) is 0 Å². The summed E-state index contributed by atoms with van der Waals surface area (Å²) >= 11 is 0. The first-order valence-corrected chi connectivity index (χ1v) is 10.1. The number of furan rings is 1. The zero-order valence-electron chi connectivity index (χ0n) is 18.7. The molecule has 8 heteroatoms. The van der Waals surface area contributed by atoms with Crippen LogP contribution >= 0.6 is 0 Å². The molecule has 1 aromatic carbocycles. The van der Waals surface area contributed by atoms with Crippen molar-refractivity contribution < 1.29 is 28.3 Å². The number of Topliss-reactive ketones (excluding diaryl/α,β-unsaturated/α-hetero) is 1. The highest BCUT2D eigenvalue weighted by atomic mass is 16.5. The molecule has 0 fully saturated rings. The highest BCUT2D eigenvalue weighted by Crippen LogP contribution is 2.24. The maximum atomic E-state index is 13.5. The third kappa shape index (κ3) is 4.44. The summed E-state index contributed by atoms with van der Waals surface area (Å²) in [5.41, 5.74) is 2.02. The van der Waals surface area contributed by atoms with Gasteiger partial charge in [0, 0.05) is 16.8 Å². The van der Waals surface area contributed by atoms with Gasteiger partial charge < -0.3 is 23.8 Å². The van der Waals surface area contributed by atoms with Crippen LogP contribution in [0.5, 0.6) is 5.75 Å². The molecule has 0 bridgehead atoms. The zero-order chi connectivity index (χ0) is 23.4. The Balaban J connectivity index is 1.97. The summed E-state index contributed by atoms with van der Waals surface area (Å²) in [6.45, 7) is 5.16. The second-order valence-electron chi connectivity index (χ2n) is 7.40. The lowest BCUT2D eigenvalue weighted by Gasteiger charge is -2.28. The van der Waals surface area contributed by atoms with Gasteiger partial charge in [-0.2, -0.15) is 0 Å². The van der Waals surface area contributed by atoms with Crippen molar-refractivity contribution >= 4 is 17.7 Å². The van der Waals surface area contributed by atoms with Crippen LogP contribution in [0.2, 0.25) is 0 Å². The minimum atomic E-state index is -0.826.